The van der Waals surface area contributed by atoms with Gasteiger partial charge in [-0.1, -0.05) is 72.8 Å². The second-order valence-corrected chi connectivity index (χ2v) is 9.27. The molecule has 2 aliphatic heterocycles. The molecule has 3 heterocycles. The van der Waals surface area contributed by atoms with Gasteiger partial charge in [0.15, 0.2) is 11.0 Å². The molecule has 5 aromatic carbocycles. The monoisotopic (exact) mass is 446 g/mol. The minimum atomic E-state index is 0.111. The molecule has 162 valence electrons. The number of aromatic nitrogens is 2. The van der Waals surface area contributed by atoms with Crippen LogP contribution in [0.3, 0.4) is 0 Å². The molecular weight excluding hydrogens is 425 g/mol. The number of imidazole rings is 1. The summed E-state index contributed by atoms with van der Waals surface area (Å²) in [6, 6.07) is 43.7. The smallest absolute Gasteiger partial charge is 0.311 e. The van der Waals surface area contributed by atoms with Crippen molar-refractivity contribution < 1.29 is 4.48 Å². The van der Waals surface area contributed by atoms with E-state index in [-0.39, 0.29) is 6.85 Å². The Hall–Kier alpha value is -4.57. The lowest BCUT2D eigenvalue weighted by molar-refractivity contribution is -0.503. The van der Waals surface area contributed by atoms with Gasteiger partial charge < -0.3 is 4.90 Å². The van der Waals surface area contributed by atoms with E-state index < -0.39 is 0 Å². The molecule has 0 N–H and O–H groups in total. The van der Waals surface area contributed by atoms with E-state index >= 15 is 0 Å². The van der Waals surface area contributed by atoms with Crippen molar-refractivity contribution in [3.63, 3.8) is 0 Å². The molecular formula is C31H21BN3+. The highest BCUT2D eigenvalue weighted by molar-refractivity contribution is 6.83. The van der Waals surface area contributed by atoms with Crippen molar-refractivity contribution in [3.8, 4) is 16.8 Å². The topological polar surface area (TPSA) is 12.1 Å². The summed E-state index contributed by atoms with van der Waals surface area (Å²) >= 11 is 0. The van der Waals surface area contributed by atoms with Crippen molar-refractivity contribution in [1.82, 2.24) is 4.57 Å². The summed E-state index contributed by atoms with van der Waals surface area (Å²) in [5.74, 6) is 0. The molecule has 6 aromatic rings. The molecule has 0 aliphatic carbocycles. The van der Waals surface area contributed by atoms with E-state index in [9.17, 15) is 0 Å². The Kier molecular flexibility index (Phi) is 3.75. The fourth-order valence-electron chi connectivity index (χ4n) is 6.07. The van der Waals surface area contributed by atoms with Gasteiger partial charge in [0.2, 0.25) is 6.33 Å². The van der Waals surface area contributed by atoms with Crippen LogP contribution in [0, 0.1) is 0 Å². The van der Waals surface area contributed by atoms with E-state index in [4.69, 9.17) is 0 Å². The van der Waals surface area contributed by atoms with Crippen LogP contribution in [0.15, 0.2) is 128 Å². The summed E-state index contributed by atoms with van der Waals surface area (Å²) in [6.45, 7) is 0.111. The third-order valence-corrected chi connectivity index (χ3v) is 7.46. The quantitative estimate of drug-likeness (QED) is 0.327. The van der Waals surface area contributed by atoms with Gasteiger partial charge >= 0.3 is 6.85 Å². The highest BCUT2D eigenvalue weighted by Crippen LogP contribution is 2.40. The maximum atomic E-state index is 2.49. The predicted octanol–water partition coefficient (Wildman–Crippen LogP) is 5.34. The Balaban J connectivity index is 1.50. The fourth-order valence-corrected chi connectivity index (χ4v) is 6.07. The van der Waals surface area contributed by atoms with Gasteiger partial charge in [0.25, 0.3) is 0 Å². The fraction of sp³-hybridized carbons (Fsp3) is 0. The van der Waals surface area contributed by atoms with Crippen molar-refractivity contribution >= 4 is 45.9 Å². The second-order valence-electron chi connectivity index (χ2n) is 9.27. The molecule has 0 saturated carbocycles. The number of anilines is 3. The highest BCUT2D eigenvalue weighted by atomic mass is 15.2. The van der Waals surface area contributed by atoms with Gasteiger partial charge in [-0.15, -0.1) is 0 Å². The third kappa shape index (κ3) is 2.48. The number of benzene rings is 5. The first-order chi connectivity index (χ1) is 17.4. The Bertz CT molecular complexity index is 1760. The van der Waals surface area contributed by atoms with Gasteiger partial charge in [-0.05, 0) is 59.6 Å². The van der Waals surface area contributed by atoms with E-state index in [1.54, 1.807) is 0 Å². The molecule has 0 radical (unpaired) electrons. The zero-order valence-electron chi connectivity index (χ0n) is 19.0. The largest absolute Gasteiger partial charge is 0.451 e. The lowest BCUT2D eigenvalue weighted by Crippen LogP contribution is -2.70. The van der Waals surface area contributed by atoms with Crippen LogP contribution in [0.5, 0.6) is 0 Å². The molecule has 35 heavy (non-hydrogen) atoms. The van der Waals surface area contributed by atoms with E-state index in [1.807, 2.05) is 0 Å². The number of hydrogen-bond donors (Lipinski definition) is 0. The van der Waals surface area contributed by atoms with Crippen LogP contribution in [-0.2, 0) is 0 Å². The first-order valence-corrected chi connectivity index (χ1v) is 12.1. The normalized spacial score (nSPS) is 13.0. The molecule has 0 saturated heterocycles. The minimum absolute atomic E-state index is 0.111. The summed E-state index contributed by atoms with van der Waals surface area (Å²) in [5, 5.41) is 0. The van der Waals surface area contributed by atoms with Crippen LogP contribution in [0.4, 0.5) is 17.1 Å². The average Bonchev–Trinajstić information content (AvgIpc) is 3.32. The number of rotatable bonds is 2. The Labute approximate surface area is 204 Å². The second kappa shape index (κ2) is 6.97. The summed E-state index contributed by atoms with van der Waals surface area (Å²) in [7, 11) is 0. The predicted molar refractivity (Wildman–Crippen MR) is 144 cm³/mol. The van der Waals surface area contributed by atoms with E-state index in [0.29, 0.717) is 0 Å². The van der Waals surface area contributed by atoms with Gasteiger partial charge in [-0.3, -0.25) is 4.48 Å². The van der Waals surface area contributed by atoms with Crippen molar-refractivity contribution in [2.75, 3.05) is 4.90 Å². The van der Waals surface area contributed by atoms with E-state index in [2.05, 4.69) is 142 Å². The Morgan fingerprint density at radius 1 is 0.543 bits per heavy atom. The zero-order valence-corrected chi connectivity index (χ0v) is 19.0. The van der Waals surface area contributed by atoms with E-state index in [0.717, 1.165) is 0 Å². The molecule has 0 spiro atoms. The van der Waals surface area contributed by atoms with Crippen LogP contribution in [0.1, 0.15) is 0 Å². The highest BCUT2D eigenvalue weighted by Gasteiger charge is 2.46. The maximum absolute atomic E-state index is 2.49. The van der Waals surface area contributed by atoms with Crippen LogP contribution in [0.2, 0.25) is 0 Å². The summed E-state index contributed by atoms with van der Waals surface area (Å²) < 4.78 is 4.82. The van der Waals surface area contributed by atoms with Crippen molar-refractivity contribution in [2.45, 2.75) is 0 Å². The molecule has 0 bridgehead atoms. The number of nitrogens with zero attached hydrogens (tertiary/aromatic N) is 3. The summed E-state index contributed by atoms with van der Waals surface area (Å²) in [6.07, 6.45) is 2.29. The molecule has 0 atom stereocenters. The summed E-state index contributed by atoms with van der Waals surface area (Å²) in [5.41, 5.74) is 12.7. The molecule has 8 rings (SSSR count). The molecule has 0 amide bonds. The average molecular weight is 446 g/mol. The molecule has 0 unspecified atom stereocenters. The van der Waals surface area contributed by atoms with E-state index in [1.165, 1.54) is 55.8 Å². The Morgan fingerprint density at radius 2 is 1.20 bits per heavy atom. The maximum Gasteiger partial charge on any atom is 0.451 e. The Morgan fingerprint density at radius 3 is 2.03 bits per heavy atom. The van der Waals surface area contributed by atoms with Crippen molar-refractivity contribution in [1.29, 1.82) is 0 Å². The standard InChI is InChI=1S/C31H21BN3/c1-3-11-22(12-4-1)33-21-34-31-25(16-10-20-29(31)33)24-15-9-19-28-30(24)32(34)26-17-7-8-18-27(26)35(28)23-13-5-2-6-14-23/h1-21H/q+1. The van der Waals surface area contributed by atoms with Gasteiger partial charge in [0.05, 0.1) is 0 Å². The molecule has 0 fully saturated rings. The third-order valence-electron chi connectivity index (χ3n) is 7.46. The van der Waals surface area contributed by atoms with Crippen LogP contribution in [-0.4, -0.2) is 11.4 Å². The number of hydrogen-bond acceptors (Lipinski definition) is 1. The van der Waals surface area contributed by atoms with Crippen molar-refractivity contribution in [3.05, 3.63) is 128 Å². The van der Waals surface area contributed by atoms with Gasteiger partial charge in [0, 0.05) is 28.1 Å². The molecule has 3 nitrogen and oxygen atoms in total. The molecule has 2 aliphatic rings. The van der Waals surface area contributed by atoms with Gasteiger partial charge in [-0.25, -0.2) is 0 Å². The molecule has 4 heteroatoms. The number of fused-ring (bicyclic) bond motifs is 4. The minimum Gasteiger partial charge on any atom is -0.311 e. The first-order valence-electron chi connectivity index (χ1n) is 12.1. The lowest BCUT2D eigenvalue weighted by Gasteiger charge is -2.37. The van der Waals surface area contributed by atoms with Gasteiger partial charge in [-0.2, -0.15) is 4.57 Å². The van der Waals surface area contributed by atoms with Crippen LogP contribution < -0.4 is 20.3 Å². The van der Waals surface area contributed by atoms with Crippen LogP contribution in [0.25, 0.3) is 27.8 Å². The van der Waals surface area contributed by atoms with Crippen LogP contribution >= 0.6 is 0 Å². The van der Waals surface area contributed by atoms with Crippen molar-refractivity contribution in [2.24, 2.45) is 0 Å². The SMILES string of the molecule is c1ccc(N2c3ccccc3B3c4c(cccc42)-c2cccc4c2[n+]3cn4-c2ccccc2)cc1. The lowest BCUT2D eigenvalue weighted by atomic mass is 9.45. The zero-order chi connectivity index (χ0) is 22.9. The molecule has 1 aromatic heterocycles. The van der Waals surface area contributed by atoms with Gasteiger partial charge in [0.1, 0.15) is 5.69 Å². The first kappa shape index (κ1) is 18.8. The summed E-state index contributed by atoms with van der Waals surface area (Å²) in [4.78, 5) is 2.42. The number of para-hydroxylation sites is 4.